The van der Waals surface area contributed by atoms with Gasteiger partial charge in [-0.1, -0.05) is 49.7 Å². The van der Waals surface area contributed by atoms with Gasteiger partial charge in [-0.05, 0) is 24.1 Å². The van der Waals surface area contributed by atoms with E-state index in [4.69, 9.17) is 14.2 Å². The van der Waals surface area contributed by atoms with Crippen LogP contribution in [0.5, 0.6) is 23.5 Å². The van der Waals surface area contributed by atoms with Crippen molar-refractivity contribution in [2.24, 2.45) is 0 Å². The molecule has 1 heterocycles. The van der Waals surface area contributed by atoms with Gasteiger partial charge in [-0.15, -0.1) is 4.98 Å². The zero-order chi connectivity index (χ0) is 21.3. The van der Waals surface area contributed by atoms with E-state index >= 15 is 0 Å². The lowest BCUT2D eigenvalue weighted by Gasteiger charge is -2.11. The molecule has 8 nitrogen and oxygen atoms in total. The first-order valence-corrected chi connectivity index (χ1v) is 9.30. The number of rotatable bonds is 9. The van der Waals surface area contributed by atoms with Crippen molar-refractivity contribution < 1.29 is 24.1 Å². The maximum absolute atomic E-state index is 11.6. The van der Waals surface area contributed by atoms with Crippen molar-refractivity contribution in [3.63, 3.8) is 0 Å². The molecule has 0 atom stereocenters. The van der Waals surface area contributed by atoms with Gasteiger partial charge in [0, 0.05) is 5.56 Å². The van der Waals surface area contributed by atoms with Crippen LogP contribution in [0.2, 0.25) is 0 Å². The Morgan fingerprint density at radius 1 is 1.00 bits per heavy atom. The number of aliphatic carboxylic acids is 1. The summed E-state index contributed by atoms with van der Waals surface area (Å²) in [5.41, 5.74) is 1.30. The molecule has 0 amide bonds. The van der Waals surface area contributed by atoms with Crippen LogP contribution in [-0.4, -0.2) is 33.1 Å². The Morgan fingerprint density at radius 2 is 1.63 bits per heavy atom. The molecule has 1 aromatic heterocycles. The molecule has 1 N–H and O–H groups in total. The lowest BCUT2D eigenvalue weighted by Crippen LogP contribution is -2.04. The normalized spacial score (nSPS) is 11.1. The van der Waals surface area contributed by atoms with Gasteiger partial charge in [0.1, 0.15) is 23.4 Å². The topological polar surface area (TPSA) is 104 Å². The highest BCUT2D eigenvalue weighted by Crippen LogP contribution is 2.30. The Balaban J connectivity index is 1.87. The van der Waals surface area contributed by atoms with Gasteiger partial charge in [0.15, 0.2) is 0 Å². The first-order valence-electron chi connectivity index (χ1n) is 9.30. The van der Waals surface area contributed by atoms with Gasteiger partial charge in [0.05, 0.1) is 13.4 Å². The summed E-state index contributed by atoms with van der Waals surface area (Å²) in [7, 11) is 1.37. The molecule has 0 spiro atoms. The number of carbonyl (C=O) groups is 1. The first-order chi connectivity index (χ1) is 14.6. The lowest BCUT2D eigenvalue weighted by atomic mass is 10.1. The average molecular weight is 407 g/mol. The number of aryl methyl sites for hydroxylation is 1. The van der Waals surface area contributed by atoms with Crippen LogP contribution in [0.4, 0.5) is 0 Å². The molecule has 3 rings (SSSR count). The van der Waals surface area contributed by atoms with Gasteiger partial charge in [-0.2, -0.15) is 9.97 Å². The molecule has 0 radical (unpaired) electrons. The highest BCUT2D eigenvalue weighted by Gasteiger charge is 2.17. The molecule has 0 aliphatic rings. The number of carboxylic acids is 1. The highest BCUT2D eigenvalue weighted by atomic mass is 16.5. The SMILES string of the molecule is CCCc1ccccc1Oc1ncnc(Oc2ccccc2C(=COC)C(=O)O)n1. The van der Waals surface area contributed by atoms with Crippen molar-refractivity contribution in [2.75, 3.05) is 7.11 Å². The van der Waals surface area contributed by atoms with Crippen molar-refractivity contribution in [3.8, 4) is 23.5 Å². The van der Waals surface area contributed by atoms with Gasteiger partial charge < -0.3 is 19.3 Å². The summed E-state index contributed by atoms with van der Waals surface area (Å²) >= 11 is 0. The van der Waals surface area contributed by atoms with Crippen molar-refractivity contribution >= 4 is 11.5 Å². The van der Waals surface area contributed by atoms with Gasteiger partial charge in [-0.25, -0.2) is 4.79 Å². The fourth-order valence-electron chi connectivity index (χ4n) is 2.77. The summed E-state index contributed by atoms with van der Waals surface area (Å²) in [6.45, 7) is 2.09. The maximum atomic E-state index is 11.6. The second-order valence-corrected chi connectivity index (χ2v) is 6.18. The van der Waals surface area contributed by atoms with Crippen molar-refractivity contribution in [1.29, 1.82) is 0 Å². The molecule has 0 fully saturated rings. The zero-order valence-electron chi connectivity index (χ0n) is 16.6. The third kappa shape index (κ3) is 5.11. The maximum Gasteiger partial charge on any atom is 0.339 e. The van der Waals surface area contributed by atoms with Crippen LogP contribution < -0.4 is 9.47 Å². The second-order valence-electron chi connectivity index (χ2n) is 6.18. The lowest BCUT2D eigenvalue weighted by molar-refractivity contribution is -0.130. The zero-order valence-corrected chi connectivity index (χ0v) is 16.6. The first kappa shape index (κ1) is 20.8. The Labute approximate surface area is 173 Å². The summed E-state index contributed by atoms with van der Waals surface area (Å²) in [4.78, 5) is 23.8. The summed E-state index contributed by atoms with van der Waals surface area (Å²) in [6, 6.07) is 14.3. The predicted molar refractivity (Wildman–Crippen MR) is 109 cm³/mol. The van der Waals surface area contributed by atoms with E-state index in [0.29, 0.717) is 11.3 Å². The molecular formula is C22H21N3O5. The number of benzene rings is 2. The second kappa shape index (κ2) is 10.0. The van der Waals surface area contributed by atoms with E-state index in [0.717, 1.165) is 24.7 Å². The Kier molecular flexibility index (Phi) is 6.94. The molecular weight excluding hydrogens is 386 g/mol. The van der Waals surface area contributed by atoms with Crippen LogP contribution >= 0.6 is 0 Å². The molecule has 2 aromatic carbocycles. The number of nitrogens with zero attached hydrogens (tertiary/aromatic N) is 3. The fraction of sp³-hybridized carbons (Fsp3) is 0.182. The molecule has 0 bridgehead atoms. The Morgan fingerprint density at radius 3 is 2.30 bits per heavy atom. The molecule has 0 aliphatic heterocycles. The monoisotopic (exact) mass is 407 g/mol. The average Bonchev–Trinajstić information content (AvgIpc) is 2.74. The van der Waals surface area contributed by atoms with Crippen molar-refractivity contribution in [1.82, 2.24) is 15.0 Å². The van der Waals surface area contributed by atoms with Gasteiger partial charge in [0.25, 0.3) is 0 Å². The minimum absolute atomic E-state index is 0.0254. The predicted octanol–water partition coefficient (Wildman–Crippen LogP) is 4.48. The minimum Gasteiger partial charge on any atom is -0.503 e. The molecule has 154 valence electrons. The number of carboxylic acid groups (broad SMARTS) is 1. The number of para-hydroxylation sites is 2. The number of methoxy groups -OCH3 is 1. The largest absolute Gasteiger partial charge is 0.503 e. The quantitative estimate of drug-likeness (QED) is 0.409. The summed E-state index contributed by atoms with van der Waals surface area (Å²) < 4.78 is 16.5. The summed E-state index contributed by atoms with van der Waals surface area (Å²) in [5.74, 6) is -0.236. The molecule has 0 aliphatic carbocycles. The van der Waals surface area contributed by atoms with Gasteiger partial charge in [-0.3, -0.25) is 0 Å². The number of hydrogen-bond acceptors (Lipinski definition) is 7. The molecule has 30 heavy (non-hydrogen) atoms. The Hall–Kier alpha value is -3.94. The van der Waals surface area contributed by atoms with Crippen LogP contribution in [0.3, 0.4) is 0 Å². The van der Waals surface area contributed by atoms with Gasteiger partial charge in [0.2, 0.25) is 0 Å². The minimum atomic E-state index is -1.15. The summed E-state index contributed by atoms with van der Waals surface area (Å²) in [6.07, 6.45) is 4.24. The van der Waals surface area contributed by atoms with E-state index < -0.39 is 5.97 Å². The summed E-state index contributed by atoms with van der Waals surface area (Å²) in [5, 5.41) is 9.46. The molecule has 3 aromatic rings. The number of aromatic nitrogens is 3. The van der Waals surface area contributed by atoms with E-state index in [2.05, 4.69) is 21.9 Å². The standard InChI is InChI=1S/C22H21N3O5/c1-3-8-15-9-4-6-11-18(15)29-21-23-14-24-22(25-21)30-19-12-7-5-10-16(19)17(13-28-2)20(26)27/h4-7,9-14H,3,8H2,1-2H3,(H,26,27). The number of ether oxygens (including phenoxy) is 3. The molecule has 0 saturated carbocycles. The van der Waals surface area contributed by atoms with Crippen LogP contribution in [0, 0.1) is 0 Å². The van der Waals surface area contributed by atoms with Crippen molar-refractivity contribution in [3.05, 3.63) is 72.2 Å². The van der Waals surface area contributed by atoms with E-state index in [1.54, 1.807) is 24.3 Å². The van der Waals surface area contributed by atoms with E-state index in [1.807, 2.05) is 24.3 Å². The van der Waals surface area contributed by atoms with Crippen LogP contribution in [-0.2, 0) is 16.0 Å². The third-order valence-corrected chi connectivity index (χ3v) is 4.07. The van der Waals surface area contributed by atoms with Crippen LogP contribution in [0.15, 0.2) is 61.1 Å². The molecule has 8 heteroatoms. The fourth-order valence-corrected chi connectivity index (χ4v) is 2.77. The smallest absolute Gasteiger partial charge is 0.339 e. The van der Waals surface area contributed by atoms with E-state index in [9.17, 15) is 9.90 Å². The van der Waals surface area contributed by atoms with Crippen molar-refractivity contribution in [2.45, 2.75) is 19.8 Å². The van der Waals surface area contributed by atoms with Crippen LogP contribution in [0.25, 0.3) is 5.57 Å². The van der Waals surface area contributed by atoms with E-state index in [-0.39, 0.29) is 23.3 Å². The van der Waals surface area contributed by atoms with Crippen LogP contribution in [0.1, 0.15) is 24.5 Å². The molecule has 0 unspecified atom stereocenters. The van der Waals surface area contributed by atoms with E-state index in [1.165, 1.54) is 13.4 Å². The van der Waals surface area contributed by atoms with Gasteiger partial charge >= 0.3 is 18.0 Å². The molecule has 0 saturated heterocycles. The number of hydrogen-bond donors (Lipinski definition) is 1. The highest BCUT2D eigenvalue weighted by molar-refractivity contribution is 6.15. The Bertz CT molecular complexity index is 1050. The third-order valence-electron chi connectivity index (χ3n) is 4.07.